The standard InChI is InChI=1S/C16H16N4O2/c21-15(19-11-13-3-7-17-8-4-13)1-2-16(22)20-12-14-5-9-18-10-6-14/h1-10H,11-12H2,(H,19,21)(H,20,22)/b2-1+. The van der Waals surface area contributed by atoms with Crippen LogP contribution >= 0.6 is 0 Å². The molecular weight excluding hydrogens is 280 g/mol. The number of carbonyl (C=O) groups excluding carboxylic acids is 2. The molecule has 0 radical (unpaired) electrons. The SMILES string of the molecule is O=C(/C=C/C(=O)NCc1ccncc1)NCc1ccncc1. The summed E-state index contributed by atoms with van der Waals surface area (Å²) in [5, 5.41) is 5.37. The number of amides is 2. The zero-order valence-corrected chi connectivity index (χ0v) is 11.9. The fourth-order valence-electron chi connectivity index (χ4n) is 1.65. The van der Waals surface area contributed by atoms with Gasteiger partial charge in [0.15, 0.2) is 0 Å². The quantitative estimate of drug-likeness (QED) is 0.778. The second-order valence-corrected chi connectivity index (χ2v) is 4.48. The molecule has 2 heterocycles. The summed E-state index contributed by atoms with van der Waals surface area (Å²) in [6.07, 6.45) is 9.05. The molecule has 0 spiro atoms. The number of rotatable bonds is 6. The monoisotopic (exact) mass is 296 g/mol. The third kappa shape index (κ3) is 5.54. The first-order valence-corrected chi connectivity index (χ1v) is 6.75. The van der Waals surface area contributed by atoms with Crippen molar-refractivity contribution in [3.8, 4) is 0 Å². The van der Waals surface area contributed by atoms with Gasteiger partial charge >= 0.3 is 0 Å². The van der Waals surface area contributed by atoms with Crippen molar-refractivity contribution in [2.24, 2.45) is 0 Å². The first kappa shape index (κ1) is 15.4. The van der Waals surface area contributed by atoms with E-state index < -0.39 is 0 Å². The summed E-state index contributed by atoms with van der Waals surface area (Å²) in [6.45, 7) is 0.786. The first-order valence-electron chi connectivity index (χ1n) is 6.75. The summed E-state index contributed by atoms with van der Waals surface area (Å²) in [4.78, 5) is 31.0. The zero-order chi connectivity index (χ0) is 15.6. The Hall–Kier alpha value is -3.02. The lowest BCUT2D eigenvalue weighted by Gasteiger charge is -2.02. The molecule has 112 valence electrons. The highest BCUT2D eigenvalue weighted by Gasteiger charge is 1.99. The Morgan fingerprint density at radius 3 is 1.50 bits per heavy atom. The van der Waals surface area contributed by atoms with E-state index in [-0.39, 0.29) is 11.8 Å². The third-order valence-corrected chi connectivity index (χ3v) is 2.82. The van der Waals surface area contributed by atoms with Gasteiger partial charge in [0.1, 0.15) is 0 Å². The van der Waals surface area contributed by atoms with Crippen LogP contribution in [0.15, 0.2) is 61.2 Å². The molecule has 0 atom stereocenters. The Balaban J connectivity index is 1.71. The van der Waals surface area contributed by atoms with Crippen molar-refractivity contribution in [1.29, 1.82) is 0 Å². The van der Waals surface area contributed by atoms with Gasteiger partial charge in [-0.15, -0.1) is 0 Å². The van der Waals surface area contributed by atoms with Crippen LogP contribution in [0.4, 0.5) is 0 Å². The van der Waals surface area contributed by atoms with E-state index in [1.54, 1.807) is 24.8 Å². The molecule has 22 heavy (non-hydrogen) atoms. The second kappa shape index (κ2) is 8.31. The lowest BCUT2D eigenvalue weighted by molar-refractivity contribution is -0.118. The van der Waals surface area contributed by atoms with Gasteiger partial charge in [0.25, 0.3) is 0 Å². The van der Waals surface area contributed by atoms with Crippen molar-refractivity contribution in [3.63, 3.8) is 0 Å². The Labute approximate surface area is 128 Å². The molecule has 2 amide bonds. The number of hydrogen-bond acceptors (Lipinski definition) is 4. The molecule has 2 aromatic rings. The number of hydrogen-bond donors (Lipinski definition) is 2. The van der Waals surface area contributed by atoms with Gasteiger partial charge in [-0.1, -0.05) is 0 Å². The van der Waals surface area contributed by atoms with Gasteiger partial charge in [0.2, 0.25) is 11.8 Å². The van der Waals surface area contributed by atoms with Crippen LogP contribution in [0.25, 0.3) is 0 Å². The van der Waals surface area contributed by atoms with Crippen LogP contribution in [0.5, 0.6) is 0 Å². The second-order valence-electron chi connectivity index (χ2n) is 4.48. The van der Waals surface area contributed by atoms with Gasteiger partial charge in [0, 0.05) is 50.0 Å². The Morgan fingerprint density at radius 1 is 0.773 bits per heavy atom. The highest BCUT2D eigenvalue weighted by molar-refractivity contribution is 5.96. The molecule has 0 aliphatic carbocycles. The largest absolute Gasteiger partial charge is 0.348 e. The number of aromatic nitrogens is 2. The third-order valence-electron chi connectivity index (χ3n) is 2.82. The van der Waals surface area contributed by atoms with Crippen LogP contribution in [0.1, 0.15) is 11.1 Å². The molecule has 6 heteroatoms. The minimum absolute atomic E-state index is 0.323. The van der Waals surface area contributed by atoms with Crippen molar-refractivity contribution in [1.82, 2.24) is 20.6 Å². The summed E-state index contributed by atoms with van der Waals surface area (Å²) in [7, 11) is 0. The van der Waals surface area contributed by atoms with E-state index in [0.29, 0.717) is 13.1 Å². The minimum atomic E-state index is -0.323. The van der Waals surface area contributed by atoms with Crippen molar-refractivity contribution in [2.45, 2.75) is 13.1 Å². The number of pyridine rings is 2. The minimum Gasteiger partial charge on any atom is -0.348 e. The van der Waals surface area contributed by atoms with Gasteiger partial charge in [-0.25, -0.2) is 0 Å². The van der Waals surface area contributed by atoms with Crippen molar-refractivity contribution in [3.05, 3.63) is 72.3 Å². The van der Waals surface area contributed by atoms with Gasteiger partial charge in [-0.05, 0) is 35.4 Å². The molecule has 2 rings (SSSR count). The Bertz CT molecular complexity index is 584. The lowest BCUT2D eigenvalue weighted by atomic mass is 10.2. The summed E-state index contributed by atoms with van der Waals surface area (Å²) in [5.74, 6) is -0.647. The zero-order valence-electron chi connectivity index (χ0n) is 11.9. The molecule has 0 saturated heterocycles. The Kier molecular flexibility index (Phi) is 5.80. The average Bonchev–Trinajstić information content (AvgIpc) is 2.58. The molecule has 0 unspecified atom stereocenters. The van der Waals surface area contributed by atoms with E-state index in [1.807, 2.05) is 24.3 Å². The maximum atomic E-state index is 11.6. The summed E-state index contributed by atoms with van der Waals surface area (Å²) < 4.78 is 0. The molecule has 2 aromatic heterocycles. The van der Waals surface area contributed by atoms with Crippen molar-refractivity contribution >= 4 is 11.8 Å². The number of nitrogens with zero attached hydrogens (tertiary/aromatic N) is 2. The molecule has 0 fully saturated rings. The summed E-state index contributed by atoms with van der Waals surface area (Å²) in [5.41, 5.74) is 1.89. The van der Waals surface area contributed by atoms with Crippen LogP contribution < -0.4 is 10.6 Å². The molecule has 0 saturated carbocycles. The summed E-state index contributed by atoms with van der Waals surface area (Å²) in [6, 6.07) is 7.24. The molecule has 0 aliphatic rings. The van der Waals surface area contributed by atoms with Crippen LogP contribution in [0, 0.1) is 0 Å². The maximum Gasteiger partial charge on any atom is 0.244 e. The molecule has 0 bridgehead atoms. The summed E-state index contributed by atoms with van der Waals surface area (Å²) >= 11 is 0. The van der Waals surface area contributed by atoms with E-state index in [1.165, 1.54) is 12.2 Å². The predicted octanol–water partition coefficient (Wildman–Crippen LogP) is 0.965. The normalized spacial score (nSPS) is 10.4. The van der Waals surface area contributed by atoms with Crippen molar-refractivity contribution < 1.29 is 9.59 Å². The van der Waals surface area contributed by atoms with E-state index in [0.717, 1.165) is 11.1 Å². The highest BCUT2D eigenvalue weighted by Crippen LogP contribution is 1.96. The Morgan fingerprint density at radius 2 is 1.14 bits per heavy atom. The fourth-order valence-corrected chi connectivity index (χ4v) is 1.65. The smallest absolute Gasteiger partial charge is 0.244 e. The molecule has 2 N–H and O–H groups in total. The van der Waals surface area contributed by atoms with Crippen LogP contribution in [-0.4, -0.2) is 21.8 Å². The van der Waals surface area contributed by atoms with Crippen molar-refractivity contribution in [2.75, 3.05) is 0 Å². The highest BCUT2D eigenvalue weighted by atomic mass is 16.2. The first-order chi connectivity index (χ1) is 10.7. The number of nitrogens with one attached hydrogen (secondary N) is 2. The lowest BCUT2D eigenvalue weighted by Crippen LogP contribution is -2.23. The maximum absolute atomic E-state index is 11.6. The number of carbonyl (C=O) groups is 2. The van der Waals surface area contributed by atoms with E-state index in [2.05, 4.69) is 20.6 Å². The van der Waals surface area contributed by atoms with Crippen LogP contribution in [0.2, 0.25) is 0 Å². The van der Waals surface area contributed by atoms with E-state index >= 15 is 0 Å². The topological polar surface area (TPSA) is 84.0 Å². The van der Waals surface area contributed by atoms with Gasteiger partial charge in [-0.2, -0.15) is 0 Å². The van der Waals surface area contributed by atoms with Gasteiger partial charge in [-0.3, -0.25) is 19.6 Å². The predicted molar refractivity (Wildman–Crippen MR) is 81.3 cm³/mol. The van der Waals surface area contributed by atoms with E-state index in [4.69, 9.17) is 0 Å². The molecular formula is C16H16N4O2. The fraction of sp³-hybridized carbons (Fsp3) is 0.125. The molecule has 6 nitrogen and oxygen atoms in total. The molecule has 0 aliphatic heterocycles. The van der Waals surface area contributed by atoms with E-state index in [9.17, 15) is 9.59 Å². The van der Waals surface area contributed by atoms with Gasteiger partial charge < -0.3 is 10.6 Å². The van der Waals surface area contributed by atoms with Gasteiger partial charge in [0.05, 0.1) is 0 Å². The van der Waals surface area contributed by atoms with Crippen LogP contribution in [-0.2, 0) is 22.7 Å². The van der Waals surface area contributed by atoms with Crippen LogP contribution in [0.3, 0.4) is 0 Å². The average molecular weight is 296 g/mol. The molecule has 0 aromatic carbocycles.